The molecule has 0 spiro atoms. The van der Waals surface area contributed by atoms with Crippen LogP contribution in [-0.2, 0) is 19.6 Å². The SMILES string of the molecule is Cc1ccc(NC(=O)C2CCC(=O)N2)cc1S(=O)(=O)N(C)C. The number of nitrogens with one attached hydrogen (secondary N) is 2. The van der Waals surface area contributed by atoms with E-state index in [1.807, 2.05) is 0 Å². The topological polar surface area (TPSA) is 95.6 Å². The highest BCUT2D eigenvalue weighted by atomic mass is 32.2. The first-order valence-corrected chi connectivity index (χ1v) is 8.29. The Kier molecular flexibility index (Phi) is 4.52. The summed E-state index contributed by atoms with van der Waals surface area (Å²) < 4.78 is 25.6. The van der Waals surface area contributed by atoms with Gasteiger partial charge in [0.15, 0.2) is 0 Å². The third kappa shape index (κ3) is 3.28. The molecule has 0 aromatic heterocycles. The molecular formula is C14H19N3O4S. The predicted octanol–water partition coefficient (Wildman–Crippen LogP) is 0.462. The number of anilines is 1. The van der Waals surface area contributed by atoms with Gasteiger partial charge >= 0.3 is 0 Å². The van der Waals surface area contributed by atoms with E-state index in [0.29, 0.717) is 24.1 Å². The van der Waals surface area contributed by atoms with Crippen molar-refractivity contribution < 1.29 is 18.0 Å². The van der Waals surface area contributed by atoms with E-state index in [-0.39, 0.29) is 16.7 Å². The lowest BCUT2D eigenvalue weighted by Crippen LogP contribution is -2.37. The molecule has 2 amide bonds. The van der Waals surface area contributed by atoms with E-state index in [9.17, 15) is 18.0 Å². The molecule has 0 aliphatic carbocycles. The van der Waals surface area contributed by atoms with Gasteiger partial charge in [-0.15, -0.1) is 0 Å². The molecule has 1 atom stereocenters. The van der Waals surface area contributed by atoms with Crippen molar-refractivity contribution in [3.05, 3.63) is 23.8 Å². The Hall–Kier alpha value is -1.93. The molecule has 0 radical (unpaired) electrons. The summed E-state index contributed by atoms with van der Waals surface area (Å²) in [5.41, 5.74) is 0.984. The van der Waals surface area contributed by atoms with Crippen LogP contribution in [0.4, 0.5) is 5.69 Å². The molecule has 22 heavy (non-hydrogen) atoms. The average Bonchev–Trinajstić information content (AvgIpc) is 2.87. The van der Waals surface area contributed by atoms with Crippen LogP contribution in [0.1, 0.15) is 18.4 Å². The smallest absolute Gasteiger partial charge is 0.246 e. The summed E-state index contributed by atoms with van der Waals surface area (Å²) in [6, 6.07) is 4.14. The normalized spacial score (nSPS) is 18.4. The lowest BCUT2D eigenvalue weighted by atomic mass is 10.2. The highest BCUT2D eigenvalue weighted by Gasteiger charge is 2.27. The average molecular weight is 325 g/mol. The number of aryl methyl sites for hydroxylation is 1. The second-order valence-electron chi connectivity index (χ2n) is 5.42. The third-order valence-corrected chi connectivity index (χ3v) is 5.48. The molecule has 120 valence electrons. The van der Waals surface area contributed by atoms with Crippen LogP contribution in [0.25, 0.3) is 0 Å². The minimum Gasteiger partial charge on any atom is -0.344 e. The van der Waals surface area contributed by atoms with Gasteiger partial charge in [0.2, 0.25) is 21.8 Å². The van der Waals surface area contributed by atoms with Crippen LogP contribution in [0, 0.1) is 6.92 Å². The summed E-state index contributed by atoms with van der Waals surface area (Å²) in [6.07, 6.45) is 0.769. The van der Waals surface area contributed by atoms with Gasteiger partial charge in [0, 0.05) is 26.2 Å². The van der Waals surface area contributed by atoms with Crippen LogP contribution in [0.5, 0.6) is 0 Å². The molecule has 8 heteroatoms. The molecule has 1 aromatic carbocycles. The Morgan fingerprint density at radius 3 is 2.59 bits per heavy atom. The minimum absolute atomic E-state index is 0.144. The Labute approximate surface area is 129 Å². The summed E-state index contributed by atoms with van der Waals surface area (Å²) in [7, 11) is -0.676. The van der Waals surface area contributed by atoms with Crippen LogP contribution in [0.2, 0.25) is 0 Å². The first-order valence-electron chi connectivity index (χ1n) is 6.85. The van der Waals surface area contributed by atoms with Crippen molar-refractivity contribution in [2.24, 2.45) is 0 Å². The van der Waals surface area contributed by atoms with Crippen molar-refractivity contribution in [2.45, 2.75) is 30.7 Å². The number of benzene rings is 1. The molecule has 0 saturated carbocycles. The van der Waals surface area contributed by atoms with E-state index in [1.165, 1.54) is 20.2 Å². The molecule has 2 N–H and O–H groups in total. The van der Waals surface area contributed by atoms with Crippen LogP contribution >= 0.6 is 0 Å². The second-order valence-corrected chi connectivity index (χ2v) is 7.54. The van der Waals surface area contributed by atoms with Crippen LogP contribution in [0.15, 0.2) is 23.1 Å². The first-order chi connectivity index (χ1) is 10.2. The second kappa shape index (κ2) is 6.05. The van der Waals surface area contributed by atoms with Gasteiger partial charge < -0.3 is 10.6 Å². The third-order valence-electron chi connectivity index (χ3n) is 3.53. The number of hydrogen-bond donors (Lipinski definition) is 2. The van der Waals surface area contributed by atoms with Gasteiger partial charge in [-0.3, -0.25) is 9.59 Å². The minimum atomic E-state index is -3.58. The zero-order valence-corrected chi connectivity index (χ0v) is 13.5. The molecule has 1 fully saturated rings. The fraction of sp³-hybridized carbons (Fsp3) is 0.429. The molecule has 2 rings (SSSR count). The number of amides is 2. The molecule has 1 saturated heterocycles. The van der Waals surface area contributed by atoms with Crippen LogP contribution in [-0.4, -0.2) is 44.7 Å². The standard InChI is InChI=1S/C14H19N3O4S/c1-9-4-5-10(8-12(9)22(20,21)17(2)3)15-14(19)11-6-7-13(18)16-11/h4-5,8,11H,6-7H2,1-3H3,(H,15,19)(H,16,18). The summed E-state index contributed by atoms with van der Waals surface area (Å²) in [6.45, 7) is 1.69. The number of hydrogen-bond acceptors (Lipinski definition) is 4. The molecule has 1 heterocycles. The number of sulfonamides is 1. The van der Waals surface area contributed by atoms with Gasteiger partial charge in [-0.05, 0) is 31.0 Å². The predicted molar refractivity (Wildman–Crippen MR) is 81.8 cm³/mol. The molecule has 1 aliphatic rings. The van der Waals surface area contributed by atoms with E-state index < -0.39 is 16.1 Å². The molecule has 1 aromatic rings. The lowest BCUT2D eigenvalue weighted by Gasteiger charge is -2.16. The number of nitrogens with zero attached hydrogens (tertiary/aromatic N) is 1. The Bertz CT molecular complexity index is 713. The summed E-state index contributed by atoms with van der Waals surface area (Å²) in [4.78, 5) is 23.3. The fourth-order valence-corrected chi connectivity index (χ4v) is 3.34. The van der Waals surface area contributed by atoms with Crippen LogP contribution < -0.4 is 10.6 Å². The maximum absolute atomic E-state index is 12.2. The zero-order chi connectivity index (χ0) is 16.5. The highest BCUT2D eigenvalue weighted by molar-refractivity contribution is 7.89. The summed E-state index contributed by atoms with van der Waals surface area (Å²) >= 11 is 0. The van der Waals surface area contributed by atoms with E-state index in [4.69, 9.17) is 0 Å². The number of carbonyl (C=O) groups excluding carboxylic acids is 2. The van der Waals surface area contributed by atoms with E-state index in [0.717, 1.165) is 4.31 Å². The van der Waals surface area contributed by atoms with Crippen LogP contribution in [0.3, 0.4) is 0 Å². The van der Waals surface area contributed by atoms with E-state index in [2.05, 4.69) is 10.6 Å². The van der Waals surface area contributed by atoms with Crippen molar-refractivity contribution >= 4 is 27.5 Å². The molecule has 0 bridgehead atoms. The van der Waals surface area contributed by atoms with E-state index in [1.54, 1.807) is 19.1 Å². The Morgan fingerprint density at radius 1 is 1.36 bits per heavy atom. The molecule has 1 unspecified atom stereocenters. The molecular weight excluding hydrogens is 306 g/mol. The zero-order valence-electron chi connectivity index (χ0n) is 12.7. The van der Waals surface area contributed by atoms with E-state index >= 15 is 0 Å². The van der Waals surface area contributed by atoms with Gasteiger partial charge in [-0.25, -0.2) is 12.7 Å². The highest BCUT2D eigenvalue weighted by Crippen LogP contribution is 2.23. The fourth-order valence-electron chi connectivity index (χ4n) is 2.19. The van der Waals surface area contributed by atoms with Gasteiger partial charge in [-0.2, -0.15) is 0 Å². The maximum Gasteiger partial charge on any atom is 0.246 e. The van der Waals surface area contributed by atoms with Crippen molar-refractivity contribution in [1.82, 2.24) is 9.62 Å². The summed E-state index contributed by atoms with van der Waals surface area (Å²) in [5.74, 6) is -0.497. The Morgan fingerprint density at radius 2 is 2.05 bits per heavy atom. The largest absolute Gasteiger partial charge is 0.344 e. The van der Waals surface area contributed by atoms with Crippen molar-refractivity contribution in [3.63, 3.8) is 0 Å². The van der Waals surface area contributed by atoms with Gasteiger partial charge in [0.1, 0.15) is 6.04 Å². The molecule has 1 aliphatic heterocycles. The lowest BCUT2D eigenvalue weighted by molar-refractivity contribution is -0.122. The van der Waals surface area contributed by atoms with Crippen molar-refractivity contribution in [2.75, 3.05) is 19.4 Å². The quantitative estimate of drug-likeness (QED) is 0.841. The molecule has 7 nitrogen and oxygen atoms in total. The monoisotopic (exact) mass is 325 g/mol. The Balaban J connectivity index is 2.23. The maximum atomic E-state index is 12.2. The van der Waals surface area contributed by atoms with Gasteiger partial charge in [-0.1, -0.05) is 6.07 Å². The van der Waals surface area contributed by atoms with Gasteiger partial charge in [0.25, 0.3) is 0 Å². The van der Waals surface area contributed by atoms with Gasteiger partial charge in [0.05, 0.1) is 4.90 Å². The van der Waals surface area contributed by atoms with Crippen molar-refractivity contribution in [1.29, 1.82) is 0 Å². The first kappa shape index (κ1) is 16.4. The van der Waals surface area contributed by atoms with Crippen molar-refractivity contribution in [3.8, 4) is 0 Å². The number of carbonyl (C=O) groups is 2. The number of rotatable bonds is 4. The summed E-state index contributed by atoms with van der Waals surface area (Å²) in [5, 5.41) is 5.22.